The Bertz CT molecular complexity index is 1210. The zero-order chi connectivity index (χ0) is 24.7. The summed E-state index contributed by atoms with van der Waals surface area (Å²) in [7, 11) is 1.47. The van der Waals surface area contributed by atoms with Crippen molar-refractivity contribution < 1.29 is 24.2 Å². The van der Waals surface area contributed by atoms with Crippen molar-refractivity contribution in [1.82, 2.24) is 5.32 Å². The number of aliphatic carboxylic acids is 1. The van der Waals surface area contributed by atoms with Crippen LogP contribution >= 0.6 is 35.1 Å². The molecule has 34 heavy (non-hydrogen) atoms. The predicted molar refractivity (Wildman–Crippen MR) is 135 cm³/mol. The normalized spacial score (nSPS) is 10.5. The van der Waals surface area contributed by atoms with Crippen LogP contribution in [0.2, 0.25) is 10.0 Å². The minimum Gasteiger partial charge on any atom is -0.493 e. The van der Waals surface area contributed by atoms with Gasteiger partial charge in [0.2, 0.25) is 0 Å². The maximum atomic E-state index is 12.4. The zero-order valence-corrected chi connectivity index (χ0v) is 20.7. The lowest BCUT2D eigenvalue weighted by Gasteiger charge is -2.16. The number of amides is 1. The van der Waals surface area contributed by atoms with Crippen molar-refractivity contribution in [3.05, 3.63) is 75.8 Å². The van der Waals surface area contributed by atoms with Crippen LogP contribution in [0.15, 0.2) is 59.5 Å². The number of nitrogens with one attached hydrogen (secondary N) is 2. The second-order valence-corrected chi connectivity index (χ2v) is 8.70. The van der Waals surface area contributed by atoms with E-state index in [1.807, 2.05) is 6.92 Å². The van der Waals surface area contributed by atoms with Gasteiger partial charge in [-0.05, 0) is 73.0 Å². The molecule has 10 heteroatoms. The van der Waals surface area contributed by atoms with E-state index in [1.165, 1.54) is 19.1 Å². The minimum atomic E-state index is -0.943. The number of rotatable bonds is 10. The highest BCUT2D eigenvalue weighted by Crippen LogP contribution is 2.39. The standard InChI is InChI=1S/C24H22Cl2N2O5S/c1-3-27-24(31)15-5-8-19(18(12-15)28-34-22-9-6-16(25)13-17(22)26)33-20-7-4-14(11-23(29)30)10-21(20)32-2/h4-10,12-13,28H,3,11H2,1-2H3,(H,27,31)(H,29,30). The molecule has 0 atom stereocenters. The summed E-state index contributed by atoms with van der Waals surface area (Å²) in [5, 5.41) is 12.8. The summed E-state index contributed by atoms with van der Waals surface area (Å²) < 4.78 is 14.7. The molecule has 3 aromatic rings. The Labute approximate surface area is 211 Å². The Morgan fingerprint density at radius 2 is 1.76 bits per heavy atom. The molecule has 3 rings (SSSR count). The van der Waals surface area contributed by atoms with Crippen LogP contribution < -0.4 is 19.5 Å². The van der Waals surface area contributed by atoms with Gasteiger partial charge in [-0.2, -0.15) is 0 Å². The molecule has 0 saturated heterocycles. The molecule has 0 aromatic heterocycles. The van der Waals surface area contributed by atoms with Gasteiger partial charge in [-0.15, -0.1) is 0 Å². The van der Waals surface area contributed by atoms with Crippen LogP contribution in [0.5, 0.6) is 17.2 Å². The monoisotopic (exact) mass is 520 g/mol. The Morgan fingerprint density at radius 1 is 1.00 bits per heavy atom. The van der Waals surface area contributed by atoms with Gasteiger partial charge in [-0.25, -0.2) is 0 Å². The number of anilines is 1. The summed E-state index contributed by atoms with van der Waals surface area (Å²) in [6.07, 6.45) is -0.136. The molecule has 7 nitrogen and oxygen atoms in total. The van der Waals surface area contributed by atoms with E-state index in [0.717, 1.165) is 4.90 Å². The second-order valence-electron chi connectivity index (χ2n) is 7.01. The van der Waals surface area contributed by atoms with E-state index in [4.69, 9.17) is 37.8 Å². The molecule has 0 heterocycles. The average molecular weight is 521 g/mol. The van der Waals surface area contributed by atoms with Crippen LogP contribution in [0.1, 0.15) is 22.8 Å². The van der Waals surface area contributed by atoms with Gasteiger partial charge in [-0.1, -0.05) is 29.3 Å². The van der Waals surface area contributed by atoms with E-state index in [2.05, 4.69) is 10.0 Å². The molecule has 0 aliphatic rings. The zero-order valence-electron chi connectivity index (χ0n) is 18.4. The van der Waals surface area contributed by atoms with Gasteiger partial charge < -0.3 is 24.6 Å². The van der Waals surface area contributed by atoms with Crippen LogP contribution in [0, 0.1) is 0 Å². The summed E-state index contributed by atoms with van der Waals surface area (Å²) in [4.78, 5) is 24.1. The Kier molecular flexibility index (Phi) is 8.92. The Balaban J connectivity index is 1.92. The molecule has 3 N–H and O–H groups in total. The third-order valence-electron chi connectivity index (χ3n) is 4.55. The van der Waals surface area contributed by atoms with Crippen LogP contribution in [-0.4, -0.2) is 30.6 Å². The molecule has 178 valence electrons. The van der Waals surface area contributed by atoms with Crippen LogP contribution in [-0.2, 0) is 11.2 Å². The van der Waals surface area contributed by atoms with Crippen LogP contribution in [0.4, 0.5) is 5.69 Å². The molecule has 0 spiro atoms. The molecule has 0 bridgehead atoms. The fraction of sp³-hybridized carbons (Fsp3) is 0.167. The fourth-order valence-electron chi connectivity index (χ4n) is 2.97. The highest BCUT2D eigenvalue weighted by Gasteiger charge is 2.15. The van der Waals surface area contributed by atoms with Gasteiger partial charge in [0.1, 0.15) is 0 Å². The molecule has 0 saturated carbocycles. The number of halogens is 2. The van der Waals surface area contributed by atoms with Crippen molar-refractivity contribution in [3.8, 4) is 17.2 Å². The number of benzene rings is 3. The van der Waals surface area contributed by atoms with Gasteiger partial charge in [0.05, 0.1) is 24.2 Å². The highest BCUT2D eigenvalue weighted by atomic mass is 35.5. The molecule has 1 amide bonds. The smallest absolute Gasteiger partial charge is 0.307 e. The SMILES string of the molecule is CCNC(=O)c1ccc(Oc2ccc(CC(=O)O)cc2OC)c(NSc2ccc(Cl)cc2Cl)c1. The first-order valence-electron chi connectivity index (χ1n) is 10.2. The number of hydrogen-bond acceptors (Lipinski definition) is 6. The van der Waals surface area contributed by atoms with E-state index >= 15 is 0 Å². The van der Waals surface area contributed by atoms with Crippen molar-refractivity contribution in [2.45, 2.75) is 18.2 Å². The average Bonchev–Trinajstić information content (AvgIpc) is 2.80. The largest absolute Gasteiger partial charge is 0.493 e. The second kappa shape index (κ2) is 11.9. The number of carbonyl (C=O) groups excluding carboxylic acids is 1. The van der Waals surface area contributed by atoms with Gasteiger partial charge in [0.25, 0.3) is 5.91 Å². The van der Waals surface area contributed by atoms with E-state index in [9.17, 15) is 9.59 Å². The first-order chi connectivity index (χ1) is 16.3. The quantitative estimate of drug-likeness (QED) is 0.270. The molecule has 0 radical (unpaired) electrons. The van der Waals surface area contributed by atoms with Crippen molar-refractivity contribution in [2.75, 3.05) is 18.4 Å². The van der Waals surface area contributed by atoms with Crippen LogP contribution in [0.3, 0.4) is 0 Å². The predicted octanol–water partition coefficient (Wildman–Crippen LogP) is 6.29. The highest BCUT2D eigenvalue weighted by molar-refractivity contribution is 8.00. The Hall–Kier alpha value is -3.07. The van der Waals surface area contributed by atoms with Crippen molar-refractivity contribution >= 4 is 52.7 Å². The van der Waals surface area contributed by atoms with E-state index < -0.39 is 5.97 Å². The number of carbonyl (C=O) groups is 2. The number of methoxy groups -OCH3 is 1. The maximum absolute atomic E-state index is 12.4. The van der Waals surface area contributed by atoms with Crippen molar-refractivity contribution in [1.29, 1.82) is 0 Å². The summed E-state index contributed by atoms with van der Waals surface area (Å²) >= 11 is 13.5. The number of ether oxygens (including phenoxy) is 2. The number of hydrogen-bond donors (Lipinski definition) is 3. The minimum absolute atomic E-state index is 0.136. The topological polar surface area (TPSA) is 96.9 Å². The van der Waals surface area contributed by atoms with Crippen LogP contribution in [0.25, 0.3) is 0 Å². The molecular weight excluding hydrogens is 499 g/mol. The lowest BCUT2D eigenvalue weighted by molar-refractivity contribution is -0.136. The summed E-state index contributed by atoms with van der Waals surface area (Å²) in [5.41, 5.74) is 1.55. The van der Waals surface area contributed by atoms with E-state index in [1.54, 1.807) is 54.6 Å². The summed E-state index contributed by atoms with van der Waals surface area (Å²) in [6.45, 7) is 2.34. The third kappa shape index (κ3) is 6.72. The lowest BCUT2D eigenvalue weighted by atomic mass is 10.1. The first-order valence-corrected chi connectivity index (χ1v) is 11.7. The molecule has 0 fully saturated rings. The van der Waals surface area contributed by atoms with E-state index in [-0.39, 0.29) is 12.3 Å². The number of carboxylic acid groups (broad SMARTS) is 1. The van der Waals surface area contributed by atoms with Crippen molar-refractivity contribution in [2.24, 2.45) is 0 Å². The maximum Gasteiger partial charge on any atom is 0.307 e. The van der Waals surface area contributed by atoms with Gasteiger partial charge in [0.15, 0.2) is 17.2 Å². The van der Waals surface area contributed by atoms with Gasteiger partial charge >= 0.3 is 5.97 Å². The van der Waals surface area contributed by atoms with Gasteiger partial charge in [0, 0.05) is 22.0 Å². The fourth-order valence-corrected chi connectivity index (χ4v) is 4.17. The van der Waals surface area contributed by atoms with Crippen molar-refractivity contribution in [3.63, 3.8) is 0 Å². The first kappa shape index (κ1) is 25.6. The molecule has 3 aromatic carbocycles. The Morgan fingerprint density at radius 3 is 2.44 bits per heavy atom. The molecule has 0 aliphatic heterocycles. The lowest BCUT2D eigenvalue weighted by Crippen LogP contribution is -2.22. The third-order valence-corrected chi connectivity index (χ3v) is 6.11. The van der Waals surface area contributed by atoms with Gasteiger partial charge in [-0.3, -0.25) is 9.59 Å². The summed E-state index contributed by atoms with van der Waals surface area (Å²) in [6, 6.07) is 15.0. The molecule has 0 unspecified atom stereocenters. The number of carboxylic acids is 1. The van der Waals surface area contributed by atoms with E-state index in [0.29, 0.717) is 50.7 Å². The molecule has 0 aliphatic carbocycles. The summed E-state index contributed by atoms with van der Waals surface area (Å²) in [5.74, 6) is 0.0315. The molecular formula is C24H22Cl2N2O5S.